The summed E-state index contributed by atoms with van der Waals surface area (Å²) in [6.07, 6.45) is 0. The van der Waals surface area contributed by atoms with Crippen molar-refractivity contribution in [1.29, 1.82) is 0 Å². The topological polar surface area (TPSA) is 0 Å². The van der Waals surface area contributed by atoms with Gasteiger partial charge in [0, 0.05) is 11.1 Å². The van der Waals surface area contributed by atoms with Crippen molar-refractivity contribution >= 4 is 23.2 Å². The number of hydrogen-bond donors (Lipinski definition) is 0. The van der Waals surface area contributed by atoms with Crippen LogP contribution in [0.25, 0.3) is 11.1 Å². The van der Waals surface area contributed by atoms with Crippen molar-refractivity contribution in [1.82, 2.24) is 0 Å². The van der Waals surface area contributed by atoms with Gasteiger partial charge >= 0.3 is 0 Å². The van der Waals surface area contributed by atoms with E-state index in [1.54, 1.807) is 0 Å². The highest BCUT2D eigenvalue weighted by Crippen LogP contribution is 2.56. The number of rotatable bonds is 0. The van der Waals surface area contributed by atoms with Crippen LogP contribution in [0.15, 0.2) is 24.3 Å². The molecule has 25 heavy (non-hydrogen) atoms. The van der Waals surface area contributed by atoms with Gasteiger partial charge in [-0.3, -0.25) is 0 Å². The third-order valence-corrected chi connectivity index (χ3v) is 6.13. The first kappa shape index (κ1) is 18.8. The van der Waals surface area contributed by atoms with Gasteiger partial charge in [0.15, 0.2) is 4.33 Å². The first-order chi connectivity index (χ1) is 11.2. The molecule has 0 nitrogen and oxygen atoms in total. The van der Waals surface area contributed by atoms with E-state index in [1.807, 2.05) is 0 Å². The SMILES string of the molecule is Cc1cc2c(cc1C(C)(C)C)-c1cc(C(C)(C)C)c(C)cc1C2(Cl)Cl. The van der Waals surface area contributed by atoms with Crippen molar-refractivity contribution in [3.8, 4) is 11.1 Å². The molecule has 0 N–H and O–H groups in total. The summed E-state index contributed by atoms with van der Waals surface area (Å²) in [6, 6.07) is 8.97. The molecule has 1 aliphatic carbocycles. The molecule has 134 valence electrons. The number of hydrogen-bond acceptors (Lipinski definition) is 0. The molecule has 1 aliphatic rings. The quantitative estimate of drug-likeness (QED) is 0.417. The lowest BCUT2D eigenvalue weighted by Gasteiger charge is -2.24. The Labute approximate surface area is 162 Å². The minimum absolute atomic E-state index is 0.0840. The molecule has 2 heteroatoms. The second-order valence-electron chi connectivity index (χ2n) is 9.50. The van der Waals surface area contributed by atoms with Crippen molar-refractivity contribution in [2.45, 2.75) is 70.6 Å². The van der Waals surface area contributed by atoms with Crippen LogP contribution in [0.4, 0.5) is 0 Å². The average Bonchev–Trinajstić information content (AvgIpc) is 2.63. The van der Waals surface area contributed by atoms with Gasteiger partial charge < -0.3 is 0 Å². The first-order valence-corrected chi connectivity index (χ1v) is 9.69. The molecule has 0 saturated heterocycles. The van der Waals surface area contributed by atoms with Crippen LogP contribution in [0.3, 0.4) is 0 Å². The second-order valence-corrected chi connectivity index (χ2v) is 10.8. The smallest absolute Gasteiger partial charge is 0.0909 e. The number of aryl methyl sites for hydroxylation is 2. The third kappa shape index (κ3) is 2.92. The molecule has 0 aromatic heterocycles. The molecular formula is C23H28Cl2. The Morgan fingerprint density at radius 2 is 0.960 bits per heavy atom. The van der Waals surface area contributed by atoms with Gasteiger partial charge in [0.1, 0.15) is 0 Å². The van der Waals surface area contributed by atoms with Crippen LogP contribution < -0.4 is 0 Å². The number of halogens is 2. The molecule has 2 aromatic carbocycles. The van der Waals surface area contributed by atoms with E-state index in [-0.39, 0.29) is 10.8 Å². The Morgan fingerprint density at radius 1 is 0.640 bits per heavy atom. The minimum atomic E-state index is -0.979. The number of alkyl halides is 2. The summed E-state index contributed by atoms with van der Waals surface area (Å²) in [5.74, 6) is 0. The van der Waals surface area contributed by atoms with Crippen LogP contribution in [0.5, 0.6) is 0 Å². The zero-order chi connectivity index (χ0) is 18.9. The molecule has 0 aliphatic heterocycles. The monoisotopic (exact) mass is 374 g/mol. The molecule has 0 unspecified atom stereocenters. The van der Waals surface area contributed by atoms with Gasteiger partial charge in [0.25, 0.3) is 0 Å². The number of fused-ring (bicyclic) bond motifs is 3. The van der Waals surface area contributed by atoms with E-state index in [2.05, 4.69) is 79.7 Å². The van der Waals surface area contributed by atoms with E-state index in [4.69, 9.17) is 23.2 Å². The predicted octanol–water partition coefficient (Wildman–Crippen LogP) is 7.56. The average molecular weight is 375 g/mol. The van der Waals surface area contributed by atoms with Crippen molar-refractivity contribution in [2.75, 3.05) is 0 Å². The Hall–Kier alpha value is -0.980. The lowest BCUT2D eigenvalue weighted by molar-refractivity contribution is 0.585. The van der Waals surface area contributed by atoms with Crippen LogP contribution >= 0.6 is 23.2 Å². The normalized spacial score (nSPS) is 15.9. The molecule has 0 radical (unpaired) electrons. The van der Waals surface area contributed by atoms with Crippen LogP contribution in [-0.4, -0.2) is 0 Å². The minimum Gasteiger partial charge on any atom is -0.0909 e. The second kappa shape index (κ2) is 5.51. The van der Waals surface area contributed by atoms with Crippen molar-refractivity contribution in [3.05, 3.63) is 57.6 Å². The zero-order valence-corrected chi connectivity index (χ0v) is 18.1. The summed E-state index contributed by atoms with van der Waals surface area (Å²) in [4.78, 5) is 0. The molecule has 0 bridgehead atoms. The summed E-state index contributed by atoms with van der Waals surface area (Å²) in [6.45, 7) is 17.8. The standard InChI is InChI=1S/C23H28Cl2/c1-13-9-19-15(11-17(13)21(3,4)5)16-12-18(22(6,7)8)14(2)10-20(16)23(19,24)25/h9-12H,1-8H3. The molecular weight excluding hydrogens is 347 g/mol. The van der Waals surface area contributed by atoms with E-state index in [0.29, 0.717) is 0 Å². The van der Waals surface area contributed by atoms with Crippen LogP contribution in [0.1, 0.15) is 74.9 Å². The van der Waals surface area contributed by atoms with Crippen molar-refractivity contribution in [2.24, 2.45) is 0 Å². The summed E-state index contributed by atoms with van der Waals surface area (Å²) >= 11 is 13.7. The van der Waals surface area contributed by atoms with Crippen LogP contribution in [0.2, 0.25) is 0 Å². The lowest BCUT2D eigenvalue weighted by atomic mass is 9.80. The fraction of sp³-hybridized carbons (Fsp3) is 0.478. The highest BCUT2D eigenvalue weighted by atomic mass is 35.5. The van der Waals surface area contributed by atoms with E-state index < -0.39 is 4.33 Å². The maximum Gasteiger partial charge on any atom is 0.169 e. The van der Waals surface area contributed by atoms with Gasteiger partial charge in [-0.2, -0.15) is 0 Å². The molecule has 3 rings (SSSR count). The van der Waals surface area contributed by atoms with E-state index >= 15 is 0 Å². The fourth-order valence-electron chi connectivity index (χ4n) is 4.14. The highest BCUT2D eigenvalue weighted by Gasteiger charge is 2.42. The fourth-order valence-corrected chi connectivity index (χ4v) is 4.77. The van der Waals surface area contributed by atoms with Gasteiger partial charge in [-0.05, 0) is 70.2 Å². The van der Waals surface area contributed by atoms with E-state index in [9.17, 15) is 0 Å². The third-order valence-electron chi connectivity index (χ3n) is 5.31. The van der Waals surface area contributed by atoms with Gasteiger partial charge in [-0.25, -0.2) is 0 Å². The van der Waals surface area contributed by atoms with Crippen LogP contribution in [0, 0.1) is 13.8 Å². The van der Waals surface area contributed by atoms with E-state index in [0.717, 1.165) is 11.1 Å². The summed E-state index contributed by atoms with van der Waals surface area (Å²) < 4.78 is -0.979. The summed E-state index contributed by atoms with van der Waals surface area (Å²) in [7, 11) is 0. The van der Waals surface area contributed by atoms with Gasteiger partial charge in [0.2, 0.25) is 0 Å². The van der Waals surface area contributed by atoms with E-state index in [1.165, 1.54) is 33.4 Å². The maximum atomic E-state index is 6.87. The Kier molecular flexibility index (Phi) is 4.14. The summed E-state index contributed by atoms with van der Waals surface area (Å²) in [5, 5.41) is 0. The van der Waals surface area contributed by atoms with Crippen molar-refractivity contribution in [3.63, 3.8) is 0 Å². The summed E-state index contributed by atoms with van der Waals surface area (Å²) in [5.41, 5.74) is 9.75. The van der Waals surface area contributed by atoms with Gasteiger partial charge in [0.05, 0.1) is 0 Å². The largest absolute Gasteiger partial charge is 0.169 e. The zero-order valence-electron chi connectivity index (χ0n) is 16.6. The Morgan fingerprint density at radius 3 is 1.24 bits per heavy atom. The molecule has 0 atom stereocenters. The van der Waals surface area contributed by atoms with Crippen molar-refractivity contribution < 1.29 is 0 Å². The maximum absolute atomic E-state index is 6.87. The van der Waals surface area contributed by atoms with Crippen LogP contribution in [-0.2, 0) is 15.2 Å². The molecule has 0 heterocycles. The predicted molar refractivity (Wildman–Crippen MR) is 111 cm³/mol. The number of benzene rings is 2. The molecule has 0 spiro atoms. The molecule has 0 saturated carbocycles. The first-order valence-electron chi connectivity index (χ1n) is 8.94. The Balaban J connectivity index is 2.36. The molecule has 0 amide bonds. The Bertz CT molecular complexity index is 788. The molecule has 0 fully saturated rings. The highest BCUT2D eigenvalue weighted by molar-refractivity contribution is 6.51. The van der Waals surface area contributed by atoms with Gasteiger partial charge in [-0.1, -0.05) is 76.9 Å². The molecule has 2 aromatic rings. The lowest BCUT2D eigenvalue weighted by Crippen LogP contribution is -2.15. The van der Waals surface area contributed by atoms with Gasteiger partial charge in [-0.15, -0.1) is 0 Å².